The number of rotatable bonds is 7. The lowest BCUT2D eigenvalue weighted by Crippen LogP contribution is -2.49. The predicted molar refractivity (Wildman–Crippen MR) is 80.0 cm³/mol. The Bertz CT molecular complexity index is 347. The van der Waals surface area contributed by atoms with Gasteiger partial charge in [-0.3, -0.25) is 4.79 Å². The van der Waals surface area contributed by atoms with E-state index in [4.69, 9.17) is 5.11 Å². The van der Waals surface area contributed by atoms with Crippen LogP contribution in [0.3, 0.4) is 0 Å². The van der Waals surface area contributed by atoms with Crippen molar-refractivity contribution < 1.29 is 19.8 Å². The Morgan fingerprint density at radius 3 is 2.48 bits per heavy atom. The first-order valence-electron chi connectivity index (χ1n) is 7.82. The third kappa shape index (κ3) is 7.32. The fraction of sp³-hybridized carbons (Fsp3) is 0.867. The van der Waals surface area contributed by atoms with Gasteiger partial charge in [-0.2, -0.15) is 0 Å². The molecule has 2 unspecified atom stereocenters. The minimum atomic E-state index is -0.842. The first-order chi connectivity index (χ1) is 9.88. The van der Waals surface area contributed by atoms with Crippen LogP contribution in [0.25, 0.3) is 0 Å². The lowest BCUT2D eigenvalue weighted by atomic mass is 9.92. The SMILES string of the molecule is CC(C)C[C@H](CNC(=O)NC1CCCCC1O)CC(=O)O. The number of hydrogen-bond acceptors (Lipinski definition) is 3. The van der Waals surface area contributed by atoms with Crippen LogP contribution in [0, 0.1) is 11.8 Å². The number of aliphatic hydroxyl groups excluding tert-OH is 1. The molecule has 1 fully saturated rings. The lowest BCUT2D eigenvalue weighted by molar-refractivity contribution is -0.138. The summed E-state index contributed by atoms with van der Waals surface area (Å²) in [6, 6.07) is -0.512. The number of hydrogen-bond donors (Lipinski definition) is 4. The molecule has 6 heteroatoms. The second-order valence-corrected chi connectivity index (χ2v) is 6.41. The number of carbonyl (C=O) groups is 2. The summed E-state index contributed by atoms with van der Waals surface area (Å²) in [6.07, 6.45) is 3.87. The molecule has 0 aliphatic heterocycles. The Hall–Kier alpha value is -1.30. The number of nitrogens with one attached hydrogen (secondary N) is 2. The quantitative estimate of drug-likeness (QED) is 0.575. The van der Waals surface area contributed by atoms with E-state index in [1.165, 1.54) is 0 Å². The Kier molecular flexibility index (Phi) is 7.50. The highest BCUT2D eigenvalue weighted by atomic mass is 16.4. The van der Waals surface area contributed by atoms with E-state index in [1.54, 1.807) is 0 Å². The summed E-state index contributed by atoms with van der Waals surface area (Å²) < 4.78 is 0. The zero-order valence-corrected chi connectivity index (χ0v) is 13.0. The van der Waals surface area contributed by atoms with Crippen LogP contribution in [-0.2, 0) is 4.79 Å². The molecule has 0 spiro atoms. The van der Waals surface area contributed by atoms with Crippen molar-refractivity contribution in [3.8, 4) is 0 Å². The molecule has 1 aliphatic carbocycles. The molecular formula is C15H28N2O4. The zero-order valence-electron chi connectivity index (χ0n) is 13.0. The van der Waals surface area contributed by atoms with E-state index in [0.29, 0.717) is 12.5 Å². The average Bonchev–Trinajstić information content (AvgIpc) is 2.37. The summed E-state index contributed by atoms with van der Waals surface area (Å²) in [6.45, 7) is 4.42. The Labute approximate surface area is 126 Å². The molecule has 0 radical (unpaired) electrons. The van der Waals surface area contributed by atoms with Crippen molar-refractivity contribution in [2.45, 2.75) is 64.5 Å². The van der Waals surface area contributed by atoms with Gasteiger partial charge in [-0.1, -0.05) is 26.7 Å². The average molecular weight is 300 g/mol. The topological polar surface area (TPSA) is 98.7 Å². The second-order valence-electron chi connectivity index (χ2n) is 6.41. The van der Waals surface area contributed by atoms with Crippen LogP contribution in [0.2, 0.25) is 0 Å². The van der Waals surface area contributed by atoms with Gasteiger partial charge in [-0.25, -0.2) is 4.79 Å². The summed E-state index contributed by atoms with van der Waals surface area (Å²) in [5.74, 6) is -0.519. The summed E-state index contributed by atoms with van der Waals surface area (Å²) >= 11 is 0. The molecule has 3 atom stereocenters. The molecule has 2 amide bonds. The molecule has 1 rings (SSSR count). The van der Waals surface area contributed by atoms with E-state index >= 15 is 0 Å². The molecule has 1 aliphatic rings. The van der Waals surface area contributed by atoms with Crippen molar-refractivity contribution in [3.63, 3.8) is 0 Å². The number of aliphatic carboxylic acids is 1. The standard InChI is InChI=1S/C15H28N2O4/c1-10(2)7-11(8-14(19)20)9-16-15(21)17-12-5-3-4-6-13(12)18/h10-13,18H,3-9H2,1-2H3,(H,19,20)(H2,16,17,21)/t11-,12?,13?/m0/s1. The van der Waals surface area contributed by atoms with Gasteiger partial charge in [-0.05, 0) is 31.1 Å². The molecule has 6 nitrogen and oxygen atoms in total. The number of aliphatic hydroxyl groups is 1. The molecule has 0 aromatic carbocycles. The van der Waals surface area contributed by atoms with Gasteiger partial charge in [0.2, 0.25) is 0 Å². The normalized spacial score (nSPS) is 23.6. The van der Waals surface area contributed by atoms with Crippen molar-refractivity contribution in [2.75, 3.05) is 6.54 Å². The van der Waals surface area contributed by atoms with Crippen molar-refractivity contribution in [1.29, 1.82) is 0 Å². The van der Waals surface area contributed by atoms with Crippen LogP contribution >= 0.6 is 0 Å². The molecule has 1 saturated carbocycles. The van der Waals surface area contributed by atoms with Crippen molar-refractivity contribution in [3.05, 3.63) is 0 Å². The first kappa shape index (κ1) is 17.8. The van der Waals surface area contributed by atoms with Crippen LogP contribution < -0.4 is 10.6 Å². The van der Waals surface area contributed by atoms with E-state index in [9.17, 15) is 14.7 Å². The molecule has 21 heavy (non-hydrogen) atoms. The molecule has 4 N–H and O–H groups in total. The van der Waals surface area contributed by atoms with Crippen LogP contribution in [0.4, 0.5) is 4.79 Å². The van der Waals surface area contributed by atoms with Crippen molar-refractivity contribution in [2.24, 2.45) is 11.8 Å². The molecule has 0 bridgehead atoms. The minimum Gasteiger partial charge on any atom is -0.481 e. The second kappa shape index (κ2) is 8.87. The summed E-state index contributed by atoms with van der Waals surface area (Å²) in [7, 11) is 0. The van der Waals surface area contributed by atoms with Gasteiger partial charge in [0, 0.05) is 13.0 Å². The predicted octanol–water partition coefficient (Wildman–Crippen LogP) is 1.73. The first-order valence-corrected chi connectivity index (χ1v) is 7.82. The van der Waals surface area contributed by atoms with Crippen LogP contribution in [0.1, 0.15) is 52.4 Å². The van der Waals surface area contributed by atoms with E-state index in [1.807, 2.05) is 13.8 Å². The maximum atomic E-state index is 11.9. The molecule has 122 valence electrons. The number of carboxylic acids is 1. The highest BCUT2D eigenvalue weighted by molar-refractivity contribution is 5.74. The van der Waals surface area contributed by atoms with E-state index in [0.717, 1.165) is 32.1 Å². The number of amides is 2. The minimum absolute atomic E-state index is 0.0600. The van der Waals surface area contributed by atoms with Gasteiger partial charge in [0.15, 0.2) is 0 Å². The van der Waals surface area contributed by atoms with Gasteiger partial charge in [0.05, 0.1) is 12.1 Å². The van der Waals surface area contributed by atoms with Gasteiger partial charge in [-0.15, -0.1) is 0 Å². The summed E-state index contributed by atoms with van der Waals surface area (Å²) in [4.78, 5) is 22.7. The molecule has 0 heterocycles. The van der Waals surface area contributed by atoms with Gasteiger partial charge >= 0.3 is 12.0 Å². The monoisotopic (exact) mass is 300 g/mol. The molecule has 0 aromatic heterocycles. The van der Waals surface area contributed by atoms with Gasteiger partial charge in [0.25, 0.3) is 0 Å². The summed E-state index contributed by atoms with van der Waals surface area (Å²) in [5.41, 5.74) is 0. The lowest BCUT2D eigenvalue weighted by Gasteiger charge is -2.28. The largest absolute Gasteiger partial charge is 0.481 e. The maximum absolute atomic E-state index is 11.9. The Morgan fingerprint density at radius 1 is 1.24 bits per heavy atom. The molecule has 0 saturated heterocycles. The van der Waals surface area contributed by atoms with Crippen LogP contribution in [0.15, 0.2) is 0 Å². The van der Waals surface area contributed by atoms with Crippen molar-refractivity contribution >= 4 is 12.0 Å². The molecule has 0 aromatic rings. The van der Waals surface area contributed by atoms with Crippen molar-refractivity contribution in [1.82, 2.24) is 10.6 Å². The fourth-order valence-electron chi connectivity index (χ4n) is 2.89. The third-order valence-corrected chi connectivity index (χ3v) is 3.87. The number of carbonyl (C=O) groups excluding carboxylic acids is 1. The Morgan fingerprint density at radius 2 is 1.90 bits per heavy atom. The summed E-state index contributed by atoms with van der Waals surface area (Å²) in [5, 5.41) is 24.2. The van der Waals surface area contributed by atoms with Gasteiger partial charge < -0.3 is 20.8 Å². The third-order valence-electron chi connectivity index (χ3n) is 3.87. The van der Waals surface area contributed by atoms with E-state index in [2.05, 4.69) is 10.6 Å². The maximum Gasteiger partial charge on any atom is 0.315 e. The fourth-order valence-corrected chi connectivity index (χ4v) is 2.89. The Balaban J connectivity index is 2.36. The highest BCUT2D eigenvalue weighted by Crippen LogP contribution is 2.18. The number of carboxylic acid groups (broad SMARTS) is 1. The smallest absolute Gasteiger partial charge is 0.315 e. The zero-order chi connectivity index (χ0) is 15.8. The van der Waals surface area contributed by atoms with E-state index in [-0.39, 0.29) is 24.4 Å². The highest BCUT2D eigenvalue weighted by Gasteiger charge is 2.24. The molecular weight excluding hydrogens is 272 g/mol. The van der Waals surface area contributed by atoms with Crippen LogP contribution in [0.5, 0.6) is 0 Å². The number of urea groups is 1. The van der Waals surface area contributed by atoms with Crippen LogP contribution in [-0.4, -0.2) is 40.9 Å². The van der Waals surface area contributed by atoms with Gasteiger partial charge in [0.1, 0.15) is 0 Å². The van der Waals surface area contributed by atoms with E-state index < -0.39 is 12.1 Å².